The highest BCUT2D eigenvalue weighted by Crippen LogP contribution is 2.48. The Balaban J connectivity index is 2.36. The highest BCUT2D eigenvalue weighted by atomic mass is 32.1. The smallest absolute Gasteiger partial charge is 0.183 e. The number of anilines is 1. The second-order valence-electron chi connectivity index (χ2n) is 7.00. The summed E-state index contributed by atoms with van der Waals surface area (Å²) < 4.78 is 0. The van der Waals surface area contributed by atoms with Crippen LogP contribution < -0.4 is 5.32 Å². The third-order valence-corrected chi connectivity index (χ3v) is 4.69. The van der Waals surface area contributed by atoms with Gasteiger partial charge >= 0.3 is 0 Å². The number of hydrogen-bond acceptors (Lipinski definition) is 3. The second kappa shape index (κ2) is 3.98. The lowest BCUT2D eigenvalue weighted by atomic mass is 9.67. The van der Waals surface area contributed by atoms with Crippen molar-refractivity contribution >= 4 is 16.5 Å². The molecule has 1 heterocycles. The summed E-state index contributed by atoms with van der Waals surface area (Å²) in [4.78, 5) is 6.28. The van der Waals surface area contributed by atoms with Gasteiger partial charge in [-0.2, -0.15) is 0 Å². The van der Waals surface area contributed by atoms with E-state index in [-0.39, 0.29) is 5.41 Å². The van der Waals surface area contributed by atoms with Crippen molar-refractivity contribution in [3.63, 3.8) is 0 Å². The lowest BCUT2D eigenvalue weighted by molar-refractivity contribution is 0.232. The van der Waals surface area contributed by atoms with Crippen LogP contribution >= 0.6 is 11.3 Å². The predicted octanol–water partition coefficient (Wildman–Crippen LogP) is 4.21. The zero-order valence-electron chi connectivity index (χ0n) is 11.8. The fourth-order valence-corrected chi connectivity index (χ4v) is 4.33. The molecule has 2 nitrogen and oxygen atoms in total. The Hall–Kier alpha value is -0.570. The van der Waals surface area contributed by atoms with Crippen molar-refractivity contribution in [1.82, 2.24) is 4.98 Å². The van der Waals surface area contributed by atoms with Gasteiger partial charge in [-0.25, -0.2) is 4.98 Å². The number of nitrogens with zero attached hydrogens (tertiary/aromatic N) is 1. The van der Waals surface area contributed by atoms with Gasteiger partial charge in [0.05, 0.1) is 5.69 Å². The number of nitrogens with one attached hydrogen (secondary N) is 1. The van der Waals surface area contributed by atoms with Gasteiger partial charge in [0.15, 0.2) is 5.13 Å². The molecule has 0 amide bonds. The molecule has 0 spiro atoms. The quantitative estimate of drug-likeness (QED) is 0.852. The predicted molar refractivity (Wildman–Crippen MR) is 76.0 cm³/mol. The summed E-state index contributed by atoms with van der Waals surface area (Å²) in [5.74, 6) is 0. The molecule has 96 valence electrons. The Labute approximate surface area is 109 Å². The zero-order chi connectivity index (χ0) is 12.8. The van der Waals surface area contributed by atoms with Crippen LogP contribution in [-0.2, 0) is 11.8 Å². The maximum absolute atomic E-state index is 4.79. The van der Waals surface area contributed by atoms with Crippen LogP contribution in [0.4, 0.5) is 5.13 Å². The fraction of sp³-hybridized carbons (Fsp3) is 0.786. The van der Waals surface area contributed by atoms with Gasteiger partial charge in [0, 0.05) is 16.3 Å². The van der Waals surface area contributed by atoms with E-state index in [1.165, 1.54) is 17.0 Å². The monoisotopic (exact) mass is 252 g/mol. The van der Waals surface area contributed by atoms with Gasteiger partial charge in [0.2, 0.25) is 0 Å². The van der Waals surface area contributed by atoms with Crippen molar-refractivity contribution < 1.29 is 0 Å². The third-order valence-electron chi connectivity index (χ3n) is 3.29. The van der Waals surface area contributed by atoms with Crippen molar-refractivity contribution in [2.45, 2.75) is 65.8 Å². The van der Waals surface area contributed by atoms with Gasteiger partial charge in [-0.3, -0.25) is 0 Å². The maximum Gasteiger partial charge on any atom is 0.183 e. The summed E-state index contributed by atoms with van der Waals surface area (Å²) in [6.45, 7) is 13.7. The van der Waals surface area contributed by atoms with Crippen LogP contribution in [-0.4, -0.2) is 11.0 Å². The van der Waals surface area contributed by atoms with Crippen molar-refractivity contribution in [2.75, 3.05) is 5.32 Å². The van der Waals surface area contributed by atoms with Crippen LogP contribution in [0.1, 0.15) is 58.5 Å². The maximum atomic E-state index is 4.79. The molecule has 0 unspecified atom stereocenters. The molecule has 1 N–H and O–H groups in total. The lowest BCUT2D eigenvalue weighted by Crippen LogP contribution is -2.33. The van der Waals surface area contributed by atoms with Crippen LogP contribution in [0.2, 0.25) is 0 Å². The first-order chi connectivity index (χ1) is 7.70. The van der Waals surface area contributed by atoms with Gasteiger partial charge in [-0.1, -0.05) is 27.7 Å². The van der Waals surface area contributed by atoms with Crippen LogP contribution in [0.3, 0.4) is 0 Å². The Morgan fingerprint density at radius 3 is 2.47 bits per heavy atom. The minimum atomic E-state index is 0.270. The first-order valence-electron chi connectivity index (χ1n) is 6.46. The summed E-state index contributed by atoms with van der Waals surface area (Å²) in [5.41, 5.74) is 1.96. The first-order valence-corrected chi connectivity index (χ1v) is 7.28. The van der Waals surface area contributed by atoms with E-state index in [0.717, 1.165) is 11.6 Å². The molecule has 0 saturated carbocycles. The molecule has 2 rings (SSSR count). The molecule has 1 aromatic rings. The average Bonchev–Trinajstić information content (AvgIpc) is 2.42. The molecule has 1 aliphatic carbocycles. The Bertz CT molecular complexity index is 416. The van der Waals surface area contributed by atoms with E-state index in [9.17, 15) is 0 Å². The molecule has 0 atom stereocenters. The van der Waals surface area contributed by atoms with Crippen molar-refractivity contribution in [1.29, 1.82) is 0 Å². The van der Waals surface area contributed by atoms with Gasteiger partial charge in [-0.05, 0) is 32.1 Å². The highest BCUT2D eigenvalue weighted by molar-refractivity contribution is 7.15. The third kappa shape index (κ3) is 2.65. The van der Waals surface area contributed by atoms with E-state index >= 15 is 0 Å². The minimum Gasteiger partial charge on any atom is -0.359 e. The standard InChI is InChI=1S/C14H24N2S/c1-9(2)15-12-16-10-7-13(3,4)8-14(5,6)11(10)17-12/h9H,7-8H2,1-6H3,(H,15,16). The zero-order valence-corrected chi connectivity index (χ0v) is 12.7. The fourth-order valence-electron chi connectivity index (χ4n) is 3.10. The molecule has 1 aliphatic rings. The Kier molecular flexibility index (Phi) is 3.01. The van der Waals surface area contributed by atoms with Gasteiger partial charge < -0.3 is 5.32 Å². The van der Waals surface area contributed by atoms with Crippen LogP contribution in [0.25, 0.3) is 0 Å². The molecule has 17 heavy (non-hydrogen) atoms. The number of aromatic nitrogens is 1. The number of thiazole rings is 1. The van der Waals surface area contributed by atoms with E-state index in [2.05, 4.69) is 46.9 Å². The van der Waals surface area contributed by atoms with Crippen LogP contribution in [0.15, 0.2) is 0 Å². The molecule has 0 bridgehead atoms. The topological polar surface area (TPSA) is 24.9 Å². The van der Waals surface area contributed by atoms with Crippen LogP contribution in [0.5, 0.6) is 0 Å². The van der Waals surface area contributed by atoms with Gasteiger partial charge in [-0.15, -0.1) is 11.3 Å². The van der Waals surface area contributed by atoms with E-state index in [4.69, 9.17) is 4.98 Å². The van der Waals surface area contributed by atoms with Gasteiger partial charge in [0.25, 0.3) is 0 Å². The molecule has 0 fully saturated rings. The molecule has 1 aromatic heterocycles. The van der Waals surface area contributed by atoms with E-state index in [1.54, 1.807) is 0 Å². The van der Waals surface area contributed by atoms with E-state index in [1.807, 2.05) is 11.3 Å². The van der Waals surface area contributed by atoms with Crippen LogP contribution in [0, 0.1) is 5.41 Å². The first kappa shape index (κ1) is 12.9. The molecular weight excluding hydrogens is 228 g/mol. The summed E-state index contributed by atoms with van der Waals surface area (Å²) in [5, 5.41) is 4.53. The number of rotatable bonds is 2. The average molecular weight is 252 g/mol. The Morgan fingerprint density at radius 2 is 1.88 bits per heavy atom. The number of hydrogen-bond donors (Lipinski definition) is 1. The summed E-state index contributed by atoms with van der Waals surface area (Å²) >= 11 is 1.85. The summed E-state index contributed by atoms with van der Waals surface area (Å²) in [6, 6.07) is 0.457. The molecule has 0 saturated heterocycles. The van der Waals surface area contributed by atoms with E-state index in [0.29, 0.717) is 11.5 Å². The molecule has 0 aliphatic heterocycles. The van der Waals surface area contributed by atoms with E-state index < -0.39 is 0 Å². The molecular formula is C14H24N2S. The van der Waals surface area contributed by atoms with Crippen molar-refractivity contribution in [3.8, 4) is 0 Å². The lowest BCUT2D eigenvalue weighted by Gasteiger charge is -2.39. The molecule has 3 heteroatoms. The van der Waals surface area contributed by atoms with Crippen molar-refractivity contribution in [2.24, 2.45) is 5.41 Å². The minimum absolute atomic E-state index is 0.270. The highest BCUT2D eigenvalue weighted by Gasteiger charge is 2.39. The summed E-state index contributed by atoms with van der Waals surface area (Å²) in [7, 11) is 0. The Morgan fingerprint density at radius 1 is 1.24 bits per heavy atom. The number of fused-ring (bicyclic) bond motifs is 1. The second-order valence-corrected chi connectivity index (χ2v) is 7.99. The molecule has 0 radical (unpaired) electrons. The van der Waals surface area contributed by atoms with Gasteiger partial charge in [0.1, 0.15) is 0 Å². The van der Waals surface area contributed by atoms with Crippen molar-refractivity contribution in [3.05, 3.63) is 10.6 Å². The summed E-state index contributed by atoms with van der Waals surface area (Å²) in [6.07, 6.45) is 2.36. The normalized spacial score (nSPS) is 21.4. The SMILES string of the molecule is CC(C)Nc1nc2c(s1)C(C)(C)CC(C)(C)C2. The largest absolute Gasteiger partial charge is 0.359 e. The molecule has 0 aromatic carbocycles.